The van der Waals surface area contributed by atoms with E-state index in [1.54, 1.807) is 12.1 Å². The Kier molecular flexibility index (Phi) is 7.42. The second-order valence-corrected chi connectivity index (χ2v) is 15.7. The summed E-state index contributed by atoms with van der Waals surface area (Å²) in [5.74, 6) is -0.384. The van der Waals surface area contributed by atoms with Crippen molar-refractivity contribution in [1.29, 1.82) is 15.8 Å². The molecule has 12 rings (SSSR count). The Morgan fingerprint density at radius 2 is 0.869 bits per heavy atom. The normalized spacial score (nSPS) is 12.1. The molecule has 0 unspecified atom stereocenters. The first-order chi connectivity index (χ1) is 30.2. The summed E-state index contributed by atoms with van der Waals surface area (Å²) in [6.07, 6.45) is 0. The number of para-hydroxylation sites is 3. The van der Waals surface area contributed by atoms with Gasteiger partial charge < -0.3 is 9.13 Å². The minimum absolute atomic E-state index is 0.373. The van der Waals surface area contributed by atoms with Crippen LogP contribution in [0.15, 0.2) is 182 Å². The lowest BCUT2D eigenvalue weighted by atomic mass is 9.79. The molecule has 0 aliphatic heterocycles. The van der Waals surface area contributed by atoms with E-state index in [4.69, 9.17) is 0 Å². The largest absolute Gasteiger partial charge is 0.307 e. The summed E-state index contributed by atoms with van der Waals surface area (Å²) in [5, 5.41) is 40.1. The zero-order chi connectivity index (χ0) is 40.8. The molecule has 11 aromatic rings. The SMILES string of the molecule is N#Cc1ccc(-c2c(C#N)c(C3c4ccccc4-c4ccccc43)c(-n3c4ccccc4c4cc5ccccc5cc43)c(-n3c4ccccc4c4ccccc43)c2C#N)cc1. The average Bonchev–Trinajstić information content (AvgIpc) is 3.95. The number of fused-ring (bicyclic) bond motifs is 10. The molecule has 5 nitrogen and oxygen atoms in total. The monoisotopic (exact) mass is 773 g/mol. The molecule has 0 N–H and O–H groups in total. The van der Waals surface area contributed by atoms with Gasteiger partial charge in [-0.2, -0.15) is 15.8 Å². The third-order valence-electron chi connectivity index (χ3n) is 12.7. The van der Waals surface area contributed by atoms with Crippen LogP contribution in [-0.4, -0.2) is 9.13 Å². The molecule has 1 aliphatic rings. The van der Waals surface area contributed by atoms with E-state index in [1.807, 2.05) is 24.3 Å². The van der Waals surface area contributed by atoms with Crippen molar-refractivity contribution < 1.29 is 0 Å². The van der Waals surface area contributed by atoms with Gasteiger partial charge in [0.1, 0.15) is 12.1 Å². The molecule has 0 spiro atoms. The van der Waals surface area contributed by atoms with Crippen LogP contribution in [0.3, 0.4) is 0 Å². The van der Waals surface area contributed by atoms with E-state index >= 15 is 0 Å². The van der Waals surface area contributed by atoms with Crippen LogP contribution >= 0.6 is 0 Å². The van der Waals surface area contributed by atoms with Crippen LogP contribution in [0.2, 0.25) is 0 Å². The summed E-state index contributed by atoms with van der Waals surface area (Å²) in [4.78, 5) is 0. The summed E-state index contributed by atoms with van der Waals surface area (Å²) >= 11 is 0. The molecule has 5 heteroatoms. The summed E-state index contributed by atoms with van der Waals surface area (Å²) in [7, 11) is 0. The molecular weight excluding hydrogens is 743 g/mol. The highest BCUT2D eigenvalue weighted by molar-refractivity contribution is 6.15. The van der Waals surface area contributed by atoms with Gasteiger partial charge in [-0.3, -0.25) is 0 Å². The predicted octanol–water partition coefficient (Wildman–Crippen LogP) is 13.5. The summed E-state index contributed by atoms with van der Waals surface area (Å²) in [6, 6.07) is 70.2. The maximum atomic E-state index is 11.9. The van der Waals surface area contributed by atoms with Gasteiger partial charge in [0.15, 0.2) is 0 Å². The zero-order valence-electron chi connectivity index (χ0n) is 32.6. The van der Waals surface area contributed by atoms with Crippen molar-refractivity contribution in [3.63, 3.8) is 0 Å². The fourth-order valence-corrected chi connectivity index (χ4v) is 10.2. The van der Waals surface area contributed by atoms with Gasteiger partial charge in [-0.25, -0.2) is 0 Å². The Bertz CT molecular complexity index is 3710. The molecule has 280 valence electrons. The fourth-order valence-electron chi connectivity index (χ4n) is 10.2. The van der Waals surface area contributed by atoms with Gasteiger partial charge in [-0.15, -0.1) is 0 Å². The summed E-state index contributed by atoms with van der Waals surface area (Å²) < 4.78 is 4.59. The first-order valence-corrected chi connectivity index (χ1v) is 20.3. The molecule has 9 aromatic carbocycles. The second-order valence-electron chi connectivity index (χ2n) is 15.7. The van der Waals surface area contributed by atoms with Crippen molar-refractivity contribution in [3.05, 3.63) is 215 Å². The third kappa shape index (κ3) is 4.79. The van der Waals surface area contributed by atoms with E-state index in [-0.39, 0.29) is 5.92 Å². The number of rotatable bonds is 4. The number of nitriles is 3. The fraction of sp³-hybridized carbons (Fsp3) is 0.0179. The van der Waals surface area contributed by atoms with Crippen molar-refractivity contribution in [3.8, 4) is 51.8 Å². The van der Waals surface area contributed by atoms with Crippen molar-refractivity contribution >= 4 is 54.4 Å². The van der Waals surface area contributed by atoms with Crippen LogP contribution in [0.4, 0.5) is 0 Å². The van der Waals surface area contributed by atoms with Gasteiger partial charge in [0.2, 0.25) is 0 Å². The van der Waals surface area contributed by atoms with E-state index in [0.717, 1.165) is 87.9 Å². The average molecular weight is 774 g/mol. The van der Waals surface area contributed by atoms with Crippen LogP contribution in [-0.2, 0) is 0 Å². The van der Waals surface area contributed by atoms with Crippen LogP contribution in [0.1, 0.15) is 39.3 Å². The summed E-state index contributed by atoms with van der Waals surface area (Å²) in [6.45, 7) is 0. The lowest BCUT2D eigenvalue weighted by Crippen LogP contribution is -2.16. The maximum Gasteiger partial charge on any atom is 0.102 e. The minimum atomic E-state index is -0.384. The topological polar surface area (TPSA) is 81.2 Å². The smallest absolute Gasteiger partial charge is 0.102 e. The quantitative estimate of drug-likeness (QED) is 0.179. The van der Waals surface area contributed by atoms with Crippen molar-refractivity contribution in [2.24, 2.45) is 0 Å². The van der Waals surface area contributed by atoms with Crippen molar-refractivity contribution in [1.82, 2.24) is 9.13 Å². The molecule has 2 heterocycles. The first kappa shape index (κ1) is 34.4. The Balaban J connectivity index is 1.40. The number of aromatic nitrogens is 2. The van der Waals surface area contributed by atoms with E-state index in [0.29, 0.717) is 33.5 Å². The van der Waals surface area contributed by atoms with E-state index in [2.05, 4.69) is 173 Å². The highest BCUT2D eigenvalue weighted by Crippen LogP contribution is 2.54. The van der Waals surface area contributed by atoms with Crippen molar-refractivity contribution in [2.75, 3.05) is 0 Å². The number of hydrogen-bond donors (Lipinski definition) is 0. The number of hydrogen-bond acceptors (Lipinski definition) is 3. The van der Waals surface area contributed by atoms with Crippen LogP contribution < -0.4 is 0 Å². The highest BCUT2D eigenvalue weighted by Gasteiger charge is 2.39. The maximum absolute atomic E-state index is 11.9. The standard InChI is InChI=1S/C56H31N5/c57-31-34-25-27-35(28-26-34)52-46(32-58)54(53-43-20-5-3-15-38(43)39-16-4-6-21-44(39)53)56(55(47(52)33-59)60-48-22-10-7-17-40(48)41-18-8-11-23-49(41)60)61-50-24-12-9-19-42(50)45-29-36-13-1-2-14-37(36)30-51(45)61/h1-30,53H. The molecular formula is C56H31N5. The molecule has 0 atom stereocenters. The molecule has 0 saturated carbocycles. The van der Waals surface area contributed by atoms with Gasteiger partial charge in [0, 0.05) is 38.6 Å². The Morgan fingerprint density at radius 1 is 0.393 bits per heavy atom. The van der Waals surface area contributed by atoms with E-state index in [1.165, 1.54) is 0 Å². The lowest BCUT2D eigenvalue weighted by Gasteiger charge is -2.28. The van der Waals surface area contributed by atoms with E-state index < -0.39 is 0 Å². The Morgan fingerprint density at radius 3 is 1.43 bits per heavy atom. The number of nitrogens with zero attached hydrogens (tertiary/aromatic N) is 5. The minimum Gasteiger partial charge on any atom is -0.307 e. The second kappa shape index (κ2) is 13.2. The van der Waals surface area contributed by atoms with E-state index in [9.17, 15) is 15.8 Å². The van der Waals surface area contributed by atoms with Crippen LogP contribution in [0.5, 0.6) is 0 Å². The van der Waals surface area contributed by atoms with Crippen molar-refractivity contribution in [2.45, 2.75) is 5.92 Å². The molecule has 61 heavy (non-hydrogen) atoms. The Labute approximate surface area is 351 Å². The van der Waals surface area contributed by atoms with Gasteiger partial charge in [0.25, 0.3) is 0 Å². The highest BCUT2D eigenvalue weighted by atomic mass is 15.1. The molecule has 2 aromatic heterocycles. The third-order valence-corrected chi connectivity index (χ3v) is 12.7. The zero-order valence-corrected chi connectivity index (χ0v) is 32.6. The first-order valence-electron chi connectivity index (χ1n) is 20.3. The van der Waals surface area contributed by atoms with Gasteiger partial charge in [-0.1, -0.05) is 140 Å². The molecule has 0 radical (unpaired) electrons. The van der Waals surface area contributed by atoms with Crippen LogP contribution in [0, 0.1) is 34.0 Å². The lowest BCUT2D eigenvalue weighted by molar-refractivity contribution is 0.961. The molecule has 0 fully saturated rings. The molecule has 0 saturated heterocycles. The van der Waals surface area contributed by atoms with Crippen LogP contribution in [0.25, 0.3) is 88.0 Å². The number of benzene rings is 9. The summed E-state index contributed by atoms with van der Waals surface area (Å²) in [5.41, 5.74) is 13.0. The van der Waals surface area contributed by atoms with Gasteiger partial charge >= 0.3 is 0 Å². The molecule has 1 aliphatic carbocycles. The molecule has 0 amide bonds. The predicted molar refractivity (Wildman–Crippen MR) is 245 cm³/mol. The Hall–Kier alpha value is -8.69. The van der Waals surface area contributed by atoms with Gasteiger partial charge in [-0.05, 0) is 81.1 Å². The van der Waals surface area contributed by atoms with Gasteiger partial charge in [0.05, 0.1) is 56.2 Å². The molecule has 0 bridgehead atoms.